The quantitative estimate of drug-likeness (QED) is 0.156. The molecule has 1 aromatic heterocycles. The first-order valence-corrected chi connectivity index (χ1v) is 19.3. The summed E-state index contributed by atoms with van der Waals surface area (Å²) in [5.41, 5.74) is 11.7. The Labute approximate surface area is 325 Å². The molecule has 0 saturated carbocycles. The molecule has 11 aromatic rings. The second-order valence-electron chi connectivity index (χ2n) is 14.6. The number of benzene rings is 10. The topological polar surface area (TPSA) is 8.17 Å². The van der Waals surface area contributed by atoms with Crippen molar-refractivity contribution in [3.63, 3.8) is 0 Å². The second-order valence-corrected chi connectivity index (χ2v) is 14.6. The summed E-state index contributed by atoms with van der Waals surface area (Å²) < 4.78 is 2.39. The highest BCUT2D eigenvalue weighted by Crippen LogP contribution is 2.43. The fraction of sp³-hybridized carbons (Fsp3) is 0. The molecule has 0 radical (unpaired) electrons. The molecule has 10 aromatic carbocycles. The molecule has 11 rings (SSSR count). The molecular weight excluding hydrogens is 677 g/mol. The van der Waals surface area contributed by atoms with Gasteiger partial charge < -0.3 is 9.47 Å². The van der Waals surface area contributed by atoms with E-state index in [-0.39, 0.29) is 0 Å². The molecule has 0 amide bonds. The zero-order valence-electron chi connectivity index (χ0n) is 30.7. The van der Waals surface area contributed by atoms with Crippen molar-refractivity contribution in [2.75, 3.05) is 4.90 Å². The highest BCUT2D eigenvalue weighted by molar-refractivity contribution is 6.16. The summed E-state index contributed by atoms with van der Waals surface area (Å²) in [5.74, 6) is 0. The average molecular weight is 713 g/mol. The van der Waals surface area contributed by atoms with E-state index in [2.05, 4.69) is 228 Å². The summed E-state index contributed by atoms with van der Waals surface area (Å²) in [4.78, 5) is 2.40. The monoisotopic (exact) mass is 712 g/mol. The molecule has 0 atom stereocenters. The minimum absolute atomic E-state index is 1.10. The summed E-state index contributed by atoms with van der Waals surface area (Å²) in [6, 6.07) is 79.5. The van der Waals surface area contributed by atoms with Gasteiger partial charge in [0, 0.05) is 33.5 Å². The van der Waals surface area contributed by atoms with E-state index in [1.807, 2.05) is 0 Å². The molecule has 0 unspecified atom stereocenters. The van der Waals surface area contributed by atoms with Crippen LogP contribution < -0.4 is 4.90 Å². The summed E-state index contributed by atoms with van der Waals surface area (Å²) in [7, 11) is 0. The van der Waals surface area contributed by atoms with Gasteiger partial charge in [0.25, 0.3) is 0 Å². The lowest BCUT2D eigenvalue weighted by atomic mass is 9.98. The van der Waals surface area contributed by atoms with Crippen molar-refractivity contribution in [2.45, 2.75) is 0 Å². The van der Waals surface area contributed by atoms with Crippen molar-refractivity contribution in [1.82, 2.24) is 4.57 Å². The minimum Gasteiger partial charge on any atom is -0.310 e. The van der Waals surface area contributed by atoms with Gasteiger partial charge in [0.1, 0.15) is 0 Å². The van der Waals surface area contributed by atoms with Crippen LogP contribution in [-0.4, -0.2) is 4.57 Å². The van der Waals surface area contributed by atoms with Crippen LogP contribution in [0.2, 0.25) is 0 Å². The smallest absolute Gasteiger partial charge is 0.0547 e. The van der Waals surface area contributed by atoms with Gasteiger partial charge in [0.05, 0.1) is 11.0 Å². The van der Waals surface area contributed by atoms with Gasteiger partial charge in [-0.3, -0.25) is 0 Å². The maximum absolute atomic E-state index is 2.40. The van der Waals surface area contributed by atoms with Crippen molar-refractivity contribution in [3.05, 3.63) is 218 Å². The minimum atomic E-state index is 1.10. The lowest BCUT2D eigenvalue weighted by Gasteiger charge is -2.27. The van der Waals surface area contributed by atoms with Crippen LogP contribution in [0.3, 0.4) is 0 Å². The molecule has 0 aliphatic heterocycles. The van der Waals surface area contributed by atoms with Crippen LogP contribution in [-0.2, 0) is 0 Å². The lowest BCUT2D eigenvalue weighted by molar-refractivity contribution is 1.18. The number of rotatable bonds is 6. The van der Waals surface area contributed by atoms with E-state index in [9.17, 15) is 0 Å². The van der Waals surface area contributed by atoms with Gasteiger partial charge >= 0.3 is 0 Å². The van der Waals surface area contributed by atoms with Crippen molar-refractivity contribution in [2.24, 2.45) is 0 Å². The van der Waals surface area contributed by atoms with Gasteiger partial charge in [0.15, 0.2) is 0 Å². The Morgan fingerprint density at radius 2 is 0.929 bits per heavy atom. The zero-order chi connectivity index (χ0) is 37.0. The maximum atomic E-state index is 2.40. The summed E-state index contributed by atoms with van der Waals surface area (Å²) in [6.07, 6.45) is 0. The molecule has 262 valence electrons. The predicted molar refractivity (Wildman–Crippen MR) is 239 cm³/mol. The molecule has 56 heavy (non-hydrogen) atoms. The third-order valence-corrected chi connectivity index (χ3v) is 11.3. The normalized spacial score (nSPS) is 11.6. The summed E-state index contributed by atoms with van der Waals surface area (Å²) in [6.45, 7) is 0. The Bertz CT molecular complexity index is 3250. The van der Waals surface area contributed by atoms with Gasteiger partial charge in [-0.05, 0) is 121 Å². The van der Waals surface area contributed by atoms with Crippen molar-refractivity contribution in [3.8, 4) is 27.9 Å². The molecular formula is C54H36N2. The Kier molecular flexibility index (Phi) is 7.53. The summed E-state index contributed by atoms with van der Waals surface area (Å²) in [5, 5.41) is 10.0. The second kappa shape index (κ2) is 13.2. The molecule has 0 bridgehead atoms. The first kappa shape index (κ1) is 32.0. The highest BCUT2D eigenvalue weighted by Gasteiger charge is 2.19. The first-order chi connectivity index (χ1) is 27.8. The fourth-order valence-electron chi connectivity index (χ4n) is 8.69. The Morgan fingerprint density at radius 1 is 0.304 bits per heavy atom. The first-order valence-electron chi connectivity index (χ1n) is 19.3. The van der Waals surface area contributed by atoms with Gasteiger partial charge in [-0.25, -0.2) is 0 Å². The van der Waals surface area contributed by atoms with Gasteiger partial charge in [-0.1, -0.05) is 152 Å². The molecule has 0 saturated heterocycles. The van der Waals surface area contributed by atoms with Crippen LogP contribution in [0.5, 0.6) is 0 Å². The van der Waals surface area contributed by atoms with Crippen molar-refractivity contribution < 1.29 is 0 Å². The number of nitrogens with zero attached hydrogens (tertiary/aromatic N) is 2. The van der Waals surface area contributed by atoms with Crippen molar-refractivity contribution in [1.29, 1.82) is 0 Å². The van der Waals surface area contributed by atoms with Crippen LogP contribution in [0.1, 0.15) is 0 Å². The molecule has 0 aliphatic rings. The van der Waals surface area contributed by atoms with E-state index in [0.29, 0.717) is 0 Å². The lowest BCUT2D eigenvalue weighted by Crippen LogP contribution is -2.10. The maximum Gasteiger partial charge on any atom is 0.0547 e. The third-order valence-electron chi connectivity index (χ3n) is 11.3. The Balaban J connectivity index is 1.08. The molecule has 0 aliphatic carbocycles. The third kappa shape index (κ3) is 5.34. The van der Waals surface area contributed by atoms with Crippen LogP contribution in [0.15, 0.2) is 218 Å². The summed E-state index contributed by atoms with van der Waals surface area (Å²) >= 11 is 0. The fourth-order valence-corrected chi connectivity index (χ4v) is 8.69. The zero-order valence-corrected chi connectivity index (χ0v) is 30.7. The van der Waals surface area contributed by atoms with E-state index in [1.165, 1.54) is 76.4 Å². The van der Waals surface area contributed by atoms with E-state index < -0.39 is 0 Å². The van der Waals surface area contributed by atoms with Crippen LogP contribution in [0, 0.1) is 0 Å². The van der Waals surface area contributed by atoms with E-state index in [1.54, 1.807) is 0 Å². The van der Waals surface area contributed by atoms with E-state index in [4.69, 9.17) is 0 Å². The highest BCUT2D eigenvalue weighted by atomic mass is 15.1. The standard InChI is InChI=1S/C54H36N2/c1-2-16-44(17-3-1)56-52-22-9-8-20-51(52)54-50(21-11-23-53(54)56)42-15-10-18-46(35-42)55(47-32-33-49-43(36-47)27-25-39-13-6-7-19-48(39)49)45-30-28-38(29-31-45)41-26-24-37-12-4-5-14-40(37)34-41/h1-36H. The van der Waals surface area contributed by atoms with Gasteiger partial charge in [-0.2, -0.15) is 0 Å². The number of hydrogen-bond donors (Lipinski definition) is 0. The SMILES string of the molecule is c1ccc(-n2c3ccccc3c3c(-c4cccc(N(c5ccc(-c6ccc7ccccc7c6)cc5)c5ccc6c(ccc7ccccc76)c5)c4)cccc32)cc1. The average Bonchev–Trinajstić information content (AvgIpc) is 3.61. The number of para-hydroxylation sites is 2. The van der Waals surface area contributed by atoms with Crippen LogP contribution in [0.4, 0.5) is 17.1 Å². The molecule has 2 heteroatoms. The Morgan fingerprint density at radius 3 is 1.80 bits per heavy atom. The molecule has 1 heterocycles. The molecule has 0 fully saturated rings. The number of anilines is 3. The largest absolute Gasteiger partial charge is 0.310 e. The number of aromatic nitrogens is 1. The van der Waals surface area contributed by atoms with Crippen molar-refractivity contribution >= 4 is 71.2 Å². The van der Waals surface area contributed by atoms with E-state index >= 15 is 0 Å². The van der Waals surface area contributed by atoms with Crippen LogP contribution >= 0.6 is 0 Å². The molecule has 0 N–H and O–H groups in total. The van der Waals surface area contributed by atoms with Gasteiger partial charge in [0.2, 0.25) is 0 Å². The number of hydrogen-bond acceptors (Lipinski definition) is 1. The Hall–Kier alpha value is -7.42. The molecule has 2 nitrogen and oxygen atoms in total. The van der Waals surface area contributed by atoms with Crippen LogP contribution in [0.25, 0.3) is 82.1 Å². The van der Waals surface area contributed by atoms with E-state index in [0.717, 1.165) is 22.7 Å². The predicted octanol–water partition coefficient (Wildman–Crippen LogP) is 15.0. The van der Waals surface area contributed by atoms with Gasteiger partial charge in [-0.15, -0.1) is 0 Å². The molecule has 0 spiro atoms. The number of fused-ring (bicyclic) bond motifs is 7.